The molecule has 5 heteroatoms. The number of nitrogens with two attached hydrogens (primary N) is 1. The molecule has 0 saturated heterocycles. The monoisotopic (exact) mass is 361 g/mol. The molecule has 0 heterocycles. The summed E-state index contributed by atoms with van der Waals surface area (Å²) in [6, 6.07) is 18.9. The second kappa shape index (κ2) is 8.85. The molecular weight excluding hydrogens is 338 g/mol. The molecular formula is C22H23N3O2. The lowest BCUT2D eigenvalue weighted by Crippen LogP contribution is -2.19. The molecule has 0 fully saturated rings. The van der Waals surface area contributed by atoms with Crippen LogP contribution >= 0.6 is 0 Å². The van der Waals surface area contributed by atoms with E-state index in [-0.39, 0.29) is 5.91 Å². The van der Waals surface area contributed by atoms with Gasteiger partial charge in [-0.25, -0.2) is 5.43 Å². The van der Waals surface area contributed by atoms with E-state index in [1.165, 1.54) is 0 Å². The smallest absolute Gasteiger partial charge is 0.273 e. The average molecular weight is 361 g/mol. The molecule has 0 unspecified atom stereocenters. The van der Waals surface area contributed by atoms with Gasteiger partial charge in [-0.3, -0.25) is 4.79 Å². The highest BCUT2D eigenvalue weighted by molar-refractivity contribution is 6.03. The molecule has 0 spiro atoms. The quantitative estimate of drug-likeness (QED) is 0.284. The van der Waals surface area contributed by atoms with Crippen molar-refractivity contribution in [1.82, 2.24) is 5.43 Å². The van der Waals surface area contributed by atoms with Crippen LogP contribution in [0.25, 0.3) is 10.8 Å². The van der Waals surface area contributed by atoms with E-state index < -0.39 is 0 Å². The highest BCUT2D eigenvalue weighted by Crippen LogP contribution is 2.27. The molecule has 0 aromatic heterocycles. The number of nitrogen functional groups attached to an aromatic ring is 1. The molecule has 3 rings (SSSR count). The van der Waals surface area contributed by atoms with Crippen LogP contribution in [0.4, 0.5) is 5.69 Å². The van der Waals surface area contributed by atoms with Crippen LogP contribution in [0.5, 0.6) is 5.75 Å². The van der Waals surface area contributed by atoms with E-state index in [0.717, 1.165) is 34.9 Å². The van der Waals surface area contributed by atoms with E-state index in [2.05, 4.69) is 17.5 Å². The first-order valence-electron chi connectivity index (χ1n) is 9.03. The Balaban J connectivity index is 1.85. The summed E-state index contributed by atoms with van der Waals surface area (Å²) in [6.07, 6.45) is 3.67. The molecule has 5 nitrogen and oxygen atoms in total. The maximum Gasteiger partial charge on any atom is 0.273 e. The van der Waals surface area contributed by atoms with Crippen molar-refractivity contribution in [3.63, 3.8) is 0 Å². The Hall–Kier alpha value is -3.34. The zero-order valence-corrected chi connectivity index (χ0v) is 15.3. The van der Waals surface area contributed by atoms with Crippen LogP contribution in [0.1, 0.15) is 35.7 Å². The van der Waals surface area contributed by atoms with Gasteiger partial charge in [-0.05, 0) is 35.4 Å². The van der Waals surface area contributed by atoms with Crippen LogP contribution in [0.3, 0.4) is 0 Å². The largest absolute Gasteiger partial charge is 0.493 e. The lowest BCUT2D eigenvalue weighted by atomic mass is 10.0. The van der Waals surface area contributed by atoms with Crippen LogP contribution < -0.4 is 15.9 Å². The van der Waals surface area contributed by atoms with Crippen LogP contribution in [0.2, 0.25) is 0 Å². The molecule has 0 radical (unpaired) electrons. The Bertz CT molecular complexity index is 967. The van der Waals surface area contributed by atoms with Crippen molar-refractivity contribution in [3.8, 4) is 5.75 Å². The Morgan fingerprint density at radius 1 is 1.11 bits per heavy atom. The summed E-state index contributed by atoms with van der Waals surface area (Å²) in [5.74, 6) is 0.400. The Kier molecular flexibility index (Phi) is 6.05. The number of anilines is 1. The van der Waals surface area contributed by atoms with Gasteiger partial charge in [0.1, 0.15) is 5.75 Å². The molecule has 1 amide bonds. The fourth-order valence-corrected chi connectivity index (χ4v) is 2.78. The molecule has 0 atom stereocenters. The minimum atomic E-state index is -0.349. The van der Waals surface area contributed by atoms with Gasteiger partial charge in [0, 0.05) is 11.3 Å². The summed E-state index contributed by atoms with van der Waals surface area (Å²) in [4.78, 5) is 12.3. The lowest BCUT2D eigenvalue weighted by molar-refractivity contribution is 0.0956. The number of ether oxygens (including phenoxy) is 1. The first kappa shape index (κ1) is 18.5. The number of nitrogens with zero attached hydrogens (tertiary/aromatic N) is 1. The first-order chi connectivity index (χ1) is 13.2. The number of benzene rings is 3. The number of nitrogens with one attached hydrogen (secondary N) is 1. The van der Waals surface area contributed by atoms with E-state index in [4.69, 9.17) is 10.5 Å². The predicted octanol–water partition coefficient (Wildman–Crippen LogP) is 4.36. The molecule has 0 saturated carbocycles. The molecule has 138 valence electrons. The second-order valence-electron chi connectivity index (χ2n) is 6.19. The van der Waals surface area contributed by atoms with E-state index in [0.29, 0.717) is 17.9 Å². The van der Waals surface area contributed by atoms with Gasteiger partial charge >= 0.3 is 0 Å². The maximum atomic E-state index is 12.3. The molecule has 0 aliphatic rings. The first-order valence-corrected chi connectivity index (χ1v) is 9.03. The predicted molar refractivity (Wildman–Crippen MR) is 110 cm³/mol. The van der Waals surface area contributed by atoms with Gasteiger partial charge in [0.05, 0.1) is 18.4 Å². The van der Waals surface area contributed by atoms with Crippen molar-refractivity contribution < 1.29 is 9.53 Å². The molecule has 3 aromatic carbocycles. The molecule has 3 N–H and O–H groups in total. The van der Waals surface area contributed by atoms with Crippen LogP contribution in [0.15, 0.2) is 65.8 Å². The molecule has 3 aromatic rings. The second-order valence-corrected chi connectivity index (χ2v) is 6.19. The van der Waals surface area contributed by atoms with Crippen molar-refractivity contribution in [3.05, 3.63) is 71.8 Å². The zero-order valence-electron chi connectivity index (χ0n) is 15.3. The Morgan fingerprint density at radius 3 is 2.70 bits per heavy atom. The maximum absolute atomic E-state index is 12.3. The summed E-state index contributed by atoms with van der Waals surface area (Å²) >= 11 is 0. The number of carbonyl (C=O) groups is 1. The number of hydrazone groups is 1. The van der Waals surface area contributed by atoms with Gasteiger partial charge in [0.25, 0.3) is 5.91 Å². The third kappa shape index (κ3) is 4.44. The number of rotatable bonds is 7. The fraction of sp³-hybridized carbons (Fsp3) is 0.182. The van der Waals surface area contributed by atoms with E-state index in [1.54, 1.807) is 30.5 Å². The lowest BCUT2D eigenvalue weighted by Gasteiger charge is -2.11. The van der Waals surface area contributed by atoms with Gasteiger partial charge in [0.2, 0.25) is 0 Å². The third-order valence-electron chi connectivity index (χ3n) is 4.25. The van der Waals surface area contributed by atoms with Crippen molar-refractivity contribution in [1.29, 1.82) is 0 Å². The SMILES string of the molecule is CCCCOc1ccc2ccccc2c1/C=N/NC(=O)c1ccccc1N. The van der Waals surface area contributed by atoms with Crippen molar-refractivity contribution in [2.75, 3.05) is 12.3 Å². The number of amides is 1. The van der Waals surface area contributed by atoms with E-state index >= 15 is 0 Å². The zero-order chi connectivity index (χ0) is 19.1. The van der Waals surface area contributed by atoms with Crippen LogP contribution in [-0.2, 0) is 0 Å². The van der Waals surface area contributed by atoms with E-state index in [9.17, 15) is 4.79 Å². The number of unbranched alkanes of at least 4 members (excludes halogenated alkanes) is 1. The van der Waals surface area contributed by atoms with Gasteiger partial charge in [-0.2, -0.15) is 5.10 Å². The summed E-state index contributed by atoms with van der Waals surface area (Å²) in [6.45, 7) is 2.76. The van der Waals surface area contributed by atoms with Crippen LogP contribution in [-0.4, -0.2) is 18.7 Å². The summed E-state index contributed by atoms with van der Waals surface area (Å²) in [7, 11) is 0. The van der Waals surface area contributed by atoms with Gasteiger partial charge in [0.15, 0.2) is 0 Å². The third-order valence-corrected chi connectivity index (χ3v) is 4.25. The number of carbonyl (C=O) groups excluding carboxylic acids is 1. The number of fused-ring (bicyclic) bond motifs is 1. The minimum Gasteiger partial charge on any atom is -0.493 e. The molecule has 27 heavy (non-hydrogen) atoms. The summed E-state index contributed by atoms with van der Waals surface area (Å²) in [5.41, 5.74) is 10.0. The molecule has 0 aliphatic carbocycles. The van der Waals surface area contributed by atoms with E-state index in [1.807, 2.05) is 36.4 Å². The van der Waals surface area contributed by atoms with Crippen molar-refractivity contribution in [2.45, 2.75) is 19.8 Å². The number of para-hydroxylation sites is 1. The number of hydrogen-bond donors (Lipinski definition) is 2. The highest BCUT2D eigenvalue weighted by Gasteiger charge is 2.09. The van der Waals surface area contributed by atoms with Gasteiger partial charge in [-0.15, -0.1) is 0 Å². The average Bonchev–Trinajstić information content (AvgIpc) is 2.69. The molecule has 0 aliphatic heterocycles. The Morgan fingerprint density at radius 2 is 1.89 bits per heavy atom. The Labute approximate surface area is 158 Å². The van der Waals surface area contributed by atoms with Gasteiger partial charge in [-0.1, -0.05) is 55.8 Å². The van der Waals surface area contributed by atoms with Crippen LogP contribution in [0, 0.1) is 0 Å². The highest BCUT2D eigenvalue weighted by atomic mass is 16.5. The molecule has 0 bridgehead atoms. The van der Waals surface area contributed by atoms with Gasteiger partial charge < -0.3 is 10.5 Å². The minimum absolute atomic E-state index is 0.349. The topological polar surface area (TPSA) is 76.7 Å². The van der Waals surface area contributed by atoms with Crippen molar-refractivity contribution in [2.24, 2.45) is 5.10 Å². The number of hydrogen-bond acceptors (Lipinski definition) is 4. The standard InChI is InChI=1S/C22H23N3O2/c1-2-3-14-27-21-13-12-16-8-4-5-9-17(16)19(21)15-24-25-22(26)18-10-6-7-11-20(18)23/h4-13,15H,2-3,14,23H2,1H3,(H,25,26)/b24-15+. The normalized spacial score (nSPS) is 11.0. The summed E-state index contributed by atoms with van der Waals surface area (Å²) < 4.78 is 5.92. The van der Waals surface area contributed by atoms with Crippen molar-refractivity contribution >= 4 is 28.6 Å². The fourth-order valence-electron chi connectivity index (χ4n) is 2.78. The summed E-state index contributed by atoms with van der Waals surface area (Å²) in [5, 5.41) is 6.24.